The maximum Gasteiger partial charge on any atom is 0.253 e. The van der Waals surface area contributed by atoms with E-state index in [0.29, 0.717) is 17.0 Å². The maximum atomic E-state index is 11.8. The van der Waals surface area contributed by atoms with Crippen molar-refractivity contribution in [3.8, 4) is 11.5 Å². The lowest BCUT2D eigenvalue weighted by Crippen LogP contribution is -1.98. The molecule has 3 aromatic rings. The van der Waals surface area contributed by atoms with Crippen LogP contribution in [0.3, 0.4) is 0 Å². The van der Waals surface area contributed by atoms with E-state index < -0.39 is 5.24 Å². The van der Waals surface area contributed by atoms with Gasteiger partial charge in [-0.15, -0.1) is 0 Å². The van der Waals surface area contributed by atoms with Crippen molar-refractivity contribution in [2.45, 2.75) is 20.8 Å². The molecule has 4 heteroatoms. The van der Waals surface area contributed by atoms with Crippen LogP contribution in [0, 0.1) is 20.8 Å². The van der Waals surface area contributed by atoms with Gasteiger partial charge in [0.1, 0.15) is 11.5 Å². The van der Waals surface area contributed by atoms with E-state index in [1.54, 1.807) is 6.07 Å². The molecule has 0 aliphatic carbocycles. The first-order valence-electron chi connectivity index (χ1n) is 6.65. The molecule has 0 fully saturated rings. The zero-order chi connectivity index (χ0) is 15.1. The average molecular weight is 300 g/mol. The molecule has 0 N–H and O–H groups in total. The van der Waals surface area contributed by atoms with E-state index in [0.717, 1.165) is 27.8 Å². The lowest BCUT2D eigenvalue weighted by molar-refractivity contribution is 0.108. The van der Waals surface area contributed by atoms with Gasteiger partial charge >= 0.3 is 0 Å². The van der Waals surface area contributed by atoms with Crippen LogP contribution in [-0.4, -0.2) is 10.2 Å². The van der Waals surface area contributed by atoms with Crippen molar-refractivity contribution in [1.82, 2.24) is 4.98 Å². The van der Waals surface area contributed by atoms with Gasteiger partial charge in [0.05, 0.1) is 5.52 Å². The van der Waals surface area contributed by atoms with E-state index in [4.69, 9.17) is 16.0 Å². The van der Waals surface area contributed by atoms with Crippen molar-refractivity contribution >= 4 is 27.7 Å². The Bertz CT molecular complexity index is 865. The number of benzene rings is 1. The molecule has 1 aromatic carbocycles. The van der Waals surface area contributed by atoms with Crippen LogP contribution in [0.5, 0.6) is 0 Å². The van der Waals surface area contributed by atoms with Gasteiger partial charge in [-0.05, 0) is 61.7 Å². The molecule has 21 heavy (non-hydrogen) atoms. The van der Waals surface area contributed by atoms with Gasteiger partial charge in [0.2, 0.25) is 0 Å². The summed E-state index contributed by atoms with van der Waals surface area (Å²) < 4.78 is 5.61. The fourth-order valence-corrected chi connectivity index (χ4v) is 2.55. The second-order valence-electron chi connectivity index (χ2n) is 5.14. The van der Waals surface area contributed by atoms with E-state index in [-0.39, 0.29) is 0 Å². The molecule has 0 saturated carbocycles. The second kappa shape index (κ2) is 5.01. The van der Waals surface area contributed by atoms with Gasteiger partial charge in [-0.3, -0.25) is 4.79 Å². The van der Waals surface area contributed by atoms with Gasteiger partial charge in [0.25, 0.3) is 5.24 Å². The van der Waals surface area contributed by atoms with Crippen molar-refractivity contribution in [2.24, 2.45) is 0 Å². The molecule has 2 heterocycles. The van der Waals surface area contributed by atoms with Crippen molar-refractivity contribution in [3.05, 3.63) is 52.8 Å². The van der Waals surface area contributed by atoms with Crippen molar-refractivity contribution in [3.63, 3.8) is 0 Å². The van der Waals surface area contributed by atoms with Crippen LogP contribution in [0.15, 0.2) is 34.7 Å². The zero-order valence-corrected chi connectivity index (χ0v) is 12.8. The number of fused-ring (bicyclic) bond motifs is 1. The first-order valence-corrected chi connectivity index (χ1v) is 7.03. The number of pyridine rings is 1. The lowest BCUT2D eigenvalue weighted by atomic mass is 10.0. The van der Waals surface area contributed by atoms with E-state index in [1.807, 2.05) is 45.0 Å². The van der Waals surface area contributed by atoms with Gasteiger partial charge < -0.3 is 4.42 Å². The Hall–Kier alpha value is -2.13. The topological polar surface area (TPSA) is 43.1 Å². The van der Waals surface area contributed by atoms with E-state index in [9.17, 15) is 4.79 Å². The predicted octanol–water partition coefficient (Wildman–Crippen LogP) is 4.80. The summed E-state index contributed by atoms with van der Waals surface area (Å²) in [5.74, 6) is 1.43. The lowest BCUT2D eigenvalue weighted by Gasteiger charge is -2.09. The molecule has 2 aromatic heterocycles. The molecule has 0 radical (unpaired) electrons. The van der Waals surface area contributed by atoms with Crippen LogP contribution in [-0.2, 0) is 0 Å². The predicted molar refractivity (Wildman–Crippen MR) is 83.8 cm³/mol. The number of furan rings is 1. The molecule has 0 aliphatic rings. The third-order valence-corrected chi connectivity index (χ3v) is 3.91. The second-order valence-corrected chi connectivity index (χ2v) is 5.49. The minimum absolute atomic E-state index is 0.453. The smallest absolute Gasteiger partial charge is 0.253 e. The van der Waals surface area contributed by atoms with Crippen molar-refractivity contribution < 1.29 is 9.21 Å². The number of halogens is 1. The number of aryl methyl sites for hydroxylation is 3. The average Bonchev–Trinajstić information content (AvgIpc) is 2.88. The number of hydrogen-bond acceptors (Lipinski definition) is 3. The summed E-state index contributed by atoms with van der Waals surface area (Å²) in [6.07, 6.45) is 0. The molecule has 0 aliphatic heterocycles. The Balaban J connectivity index is 2.38. The van der Waals surface area contributed by atoms with Gasteiger partial charge in [-0.2, -0.15) is 0 Å². The van der Waals surface area contributed by atoms with Gasteiger partial charge in [0, 0.05) is 10.9 Å². The number of hydrogen-bond donors (Lipinski definition) is 0. The first-order chi connectivity index (χ1) is 9.97. The number of aromatic nitrogens is 1. The van der Waals surface area contributed by atoms with E-state index >= 15 is 0 Å². The summed E-state index contributed by atoms with van der Waals surface area (Å²) in [6.45, 7) is 5.88. The maximum absolute atomic E-state index is 11.8. The van der Waals surface area contributed by atoms with Crippen LogP contribution in [0.4, 0.5) is 0 Å². The summed E-state index contributed by atoms with van der Waals surface area (Å²) in [5, 5.41) is 0.278. The highest BCUT2D eigenvalue weighted by molar-refractivity contribution is 6.68. The molecular weight excluding hydrogens is 286 g/mol. The normalized spacial score (nSPS) is 11.0. The summed E-state index contributed by atoms with van der Waals surface area (Å²) >= 11 is 5.74. The summed E-state index contributed by atoms with van der Waals surface area (Å²) in [6, 6.07) is 9.26. The van der Waals surface area contributed by atoms with Crippen LogP contribution < -0.4 is 0 Å². The highest BCUT2D eigenvalue weighted by Crippen LogP contribution is 2.29. The summed E-state index contributed by atoms with van der Waals surface area (Å²) in [4.78, 5) is 16.4. The number of nitrogens with zero attached hydrogens (tertiary/aromatic N) is 1. The Morgan fingerprint density at radius 1 is 1.14 bits per heavy atom. The fraction of sp³-hybridized carbons (Fsp3) is 0.176. The molecule has 0 spiro atoms. The third-order valence-electron chi connectivity index (χ3n) is 3.71. The molecular formula is C17H14ClNO2. The number of carbonyl (C=O) groups excluding carboxylic acids is 1. The minimum Gasteiger partial charge on any atom is -0.460 e. The van der Waals surface area contributed by atoms with Crippen LogP contribution in [0.25, 0.3) is 22.4 Å². The Kier molecular flexibility index (Phi) is 3.30. The third kappa shape index (κ3) is 2.34. The Morgan fingerprint density at radius 3 is 2.52 bits per heavy atom. The molecule has 0 amide bonds. The quantitative estimate of drug-likeness (QED) is 0.638. The minimum atomic E-state index is -0.491. The monoisotopic (exact) mass is 299 g/mol. The van der Waals surface area contributed by atoms with Crippen LogP contribution >= 0.6 is 11.6 Å². The number of carbonyl (C=O) groups is 1. The first kappa shape index (κ1) is 13.8. The van der Waals surface area contributed by atoms with Gasteiger partial charge in [-0.25, -0.2) is 4.98 Å². The molecule has 0 saturated heterocycles. The molecule has 0 bridgehead atoms. The fourth-order valence-electron chi connectivity index (χ4n) is 2.39. The summed E-state index contributed by atoms with van der Waals surface area (Å²) in [7, 11) is 0. The van der Waals surface area contributed by atoms with E-state index in [2.05, 4.69) is 4.98 Å². The molecule has 0 atom stereocenters. The number of rotatable bonds is 2. The SMILES string of the molecule is Cc1ccc(-c2cc(C(=O)Cl)c3ccc(C)c(C)c3n2)o1. The standard InChI is InChI=1S/C17H14ClNO2/c1-9-4-6-12-13(17(18)20)8-14(19-16(12)11(9)3)15-7-5-10(2)21-15/h4-8H,1-3H3. The van der Waals surface area contributed by atoms with Crippen molar-refractivity contribution in [2.75, 3.05) is 0 Å². The Labute approximate surface area is 127 Å². The molecule has 3 rings (SSSR count). The Morgan fingerprint density at radius 2 is 1.90 bits per heavy atom. The molecule has 106 valence electrons. The zero-order valence-electron chi connectivity index (χ0n) is 12.0. The largest absolute Gasteiger partial charge is 0.460 e. The molecule has 0 unspecified atom stereocenters. The van der Waals surface area contributed by atoms with Gasteiger partial charge in [0.15, 0.2) is 5.76 Å². The van der Waals surface area contributed by atoms with Crippen molar-refractivity contribution in [1.29, 1.82) is 0 Å². The van der Waals surface area contributed by atoms with E-state index in [1.165, 1.54) is 0 Å². The van der Waals surface area contributed by atoms with Crippen LogP contribution in [0.2, 0.25) is 0 Å². The highest BCUT2D eigenvalue weighted by Gasteiger charge is 2.15. The summed E-state index contributed by atoms with van der Waals surface area (Å²) in [5.41, 5.74) is 4.01. The molecule has 3 nitrogen and oxygen atoms in total. The van der Waals surface area contributed by atoms with Crippen LogP contribution in [0.1, 0.15) is 27.2 Å². The highest BCUT2D eigenvalue weighted by atomic mass is 35.5. The van der Waals surface area contributed by atoms with Gasteiger partial charge in [-0.1, -0.05) is 12.1 Å².